The van der Waals surface area contributed by atoms with Crippen LogP contribution in [0.2, 0.25) is 5.02 Å². The lowest BCUT2D eigenvalue weighted by Crippen LogP contribution is -2.27. The minimum atomic E-state index is -0.406. The fraction of sp³-hybridized carbons (Fsp3) is 0.200. The Kier molecular flexibility index (Phi) is 4.42. The van der Waals surface area contributed by atoms with Crippen LogP contribution >= 0.6 is 22.9 Å². The van der Waals surface area contributed by atoms with Crippen molar-refractivity contribution in [1.82, 2.24) is 4.98 Å². The Morgan fingerprint density at radius 1 is 1.23 bits per heavy atom. The fourth-order valence-corrected chi connectivity index (χ4v) is 4.01. The van der Waals surface area contributed by atoms with Crippen LogP contribution in [0.25, 0.3) is 11.3 Å². The van der Waals surface area contributed by atoms with Crippen LogP contribution in [-0.4, -0.2) is 18.0 Å². The second-order valence-corrected chi connectivity index (χ2v) is 7.55. The van der Waals surface area contributed by atoms with Gasteiger partial charge in [0.2, 0.25) is 5.91 Å². The number of carbonyl (C=O) groups is 1. The third-order valence-electron chi connectivity index (χ3n) is 4.68. The van der Waals surface area contributed by atoms with E-state index in [9.17, 15) is 4.79 Å². The predicted molar refractivity (Wildman–Crippen MR) is 105 cm³/mol. The van der Waals surface area contributed by atoms with E-state index in [-0.39, 0.29) is 5.91 Å². The molecule has 6 heteroatoms. The molecule has 3 aromatic rings. The first-order valence-corrected chi connectivity index (χ1v) is 9.54. The van der Waals surface area contributed by atoms with Crippen molar-refractivity contribution < 1.29 is 9.53 Å². The SMILES string of the molecule is COc1ccc(-c2csc(NC(=O)C3(c4ccccc4)CC3)n2)cc1Cl. The molecule has 132 valence electrons. The van der Waals surface area contributed by atoms with Gasteiger partial charge in [0.05, 0.1) is 23.2 Å². The number of hydrogen-bond acceptors (Lipinski definition) is 4. The summed E-state index contributed by atoms with van der Waals surface area (Å²) in [6.07, 6.45) is 1.74. The van der Waals surface area contributed by atoms with Crippen LogP contribution in [0.3, 0.4) is 0 Å². The van der Waals surface area contributed by atoms with Crippen molar-refractivity contribution in [2.45, 2.75) is 18.3 Å². The van der Waals surface area contributed by atoms with Crippen molar-refractivity contribution in [2.24, 2.45) is 0 Å². The van der Waals surface area contributed by atoms with E-state index >= 15 is 0 Å². The summed E-state index contributed by atoms with van der Waals surface area (Å²) in [5.74, 6) is 0.634. The quantitative estimate of drug-likeness (QED) is 0.662. The molecular formula is C20H17ClN2O2S. The van der Waals surface area contributed by atoms with Crippen molar-refractivity contribution in [2.75, 3.05) is 12.4 Å². The molecule has 2 aromatic carbocycles. The highest BCUT2D eigenvalue weighted by Crippen LogP contribution is 2.49. The zero-order chi connectivity index (χ0) is 18.1. The van der Waals surface area contributed by atoms with Gasteiger partial charge in [-0.05, 0) is 36.6 Å². The Balaban J connectivity index is 1.52. The first-order chi connectivity index (χ1) is 12.6. The molecule has 1 heterocycles. The third-order valence-corrected chi connectivity index (χ3v) is 5.74. The minimum Gasteiger partial charge on any atom is -0.495 e. The summed E-state index contributed by atoms with van der Waals surface area (Å²) in [6.45, 7) is 0. The standard InChI is InChI=1S/C20H17ClN2O2S/c1-25-17-8-7-13(11-15(17)21)16-12-26-19(22-16)23-18(24)20(9-10-20)14-5-3-2-4-6-14/h2-8,11-12H,9-10H2,1H3,(H,22,23,24). The maximum Gasteiger partial charge on any atom is 0.236 e. The molecule has 0 atom stereocenters. The summed E-state index contributed by atoms with van der Waals surface area (Å²) in [5, 5.41) is 6.02. The number of anilines is 1. The van der Waals surface area contributed by atoms with Gasteiger partial charge in [-0.3, -0.25) is 4.79 Å². The van der Waals surface area contributed by atoms with Crippen LogP contribution in [0.1, 0.15) is 18.4 Å². The summed E-state index contributed by atoms with van der Waals surface area (Å²) in [4.78, 5) is 17.3. The second kappa shape index (κ2) is 6.74. The monoisotopic (exact) mass is 384 g/mol. The Morgan fingerprint density at radius 2 is 2.00 bits per heavy atom. The van der Waals surface area contributed by atoms with E-state index in [0.29, 0.717) is 15.9 Å². The number of amides is 1. The molecule has 0 spiro atoms. The van der Waals surface area contributed by atoms with Crippen LogP contribution in [-0.2, 0) is 10.2 Å². The first-order valence-electron chi connectivity index (χ1n) is 8.29. The molecule has 1 aliphatic carbocycles. The predicted octanol–water partition coefficient (Wildman–Crippen LogP) is 5.14. The number of halogens is 1. The highest BCUT2D eigenvalue weighted by atomic mass is 35.5. The molecule has 1 aliphatic rings. The van der Waals surface area contributed by atoms with E-state index in [1.807, 2.05) is 53.9 Å². The Hall–Kier alpha value is -2.37. The third kappa shape index (κ3) is 3.08. The van der Waals surface area contributed by atoms with Gasteiger partial charge in [0.25, 0.3) is 0 Å². The van der Waals surface area contributed by atoms with Gasteiger partial charge in [-0.2, -0.15) is 0 Å². The van der Waals surface area contributed by atoms with E-state index in [1.165, 1.54) is 11.3 Å². The van der Waals surface area contributed by atoms with Crippen LogP contribution in [0.4, 0.5) is 5.13 Å². The number of nitrogens with one attached hydrogen (secondary N) is 1. The zero-order valence-electron chi connectivity index (χ0n) is 14.2. The number of aromatic nitrogens is 1. The smallest absolute Gasteiger partial charge is 0.236 e. The maximum absolute atomic E-state index is 12.8. The second-order valence-electron chi connectivity index (χ2n) is 6.29. The molecule has 1 fully saturated rings. The van der Waals surface area contributed by atoms with Crippen molar-refractivity contribution in [3.63, 3.8) is 0 Å². The lowest BCUT2D eigenvalue weighted by molar-refractivity contribution is -0.118. The van der Waals surface area contributed by atoms with E-state index in [0.717, 1.165) is 29.7 Å². The van der Waals surface area contributed by atoms with Crippen LogP contribution in [0.15, 0.2) is 53.9 Å². The molecule has 0 bridgehead atoms. The van der Waals surface area contributed by atoms with Gasteiger partial charge in [-0.25, -0.2) is 4.98 Å². The van der Waals surface area contributed by atoms with Gasteiger partial charge in [0.1, 0.15) is 5.75 Å². The lowest BCUT2D eigenvalue weighted by Gasteiger charge is -2.14. The highest BCUT2D eigenvalue weighted by molar-refractivity contribution is 7.14. The molecule has 1 amide bonds. The summed E-state index contributed by atoms with van der Waals surface area (Å²) in [5.41, 5.74) is 2.32. The van der Waals surface area contributed by atoms with Crippen molar-refractivity contribution in [3.05, 3.63) is 64.5 Å². The number of nitrogens with zero attached hydrogens (tertiary/aromatic N) is 1. The number of ether oxygens (including phenoxy) is 1. The molecule has 1 saturated carbocycles. The minimum absolute atomic E-state index is 0.0114. The molecule has 1 aromatic heterocycles. The largest absolute Gasteiger partial charge is 0.495 e. The summed E-state index contributed by atoms with van der Waals surface area (Å²) in [7, 11) is 1.58. The van der Waals surface area contributed by atoms with E-state index in [4.69, 9.17) is 16.3 Å². The van der Waals surface area contributed by atoms with Gasteiger partial charge in [0, 0.05) is 10.9 Å². The molecule has 0 radical (unpaired) electrons. The van der Waals surface area contributed by atoms with E-state index < -0.39 is 5.41 Å². The highest BCUT2D eigenvalue weighted by Gasteiger charge is 2.51. The van der Waals surface area contributed by atoms with Crippen LogP contribution in [0, 0.1) is 0 Å². The Morgan fingerprint density at radius 3 is 2.65 bits per heavy atom. The molecule has 0 aliphatic heterocycles. The summed E-state index contributed by atoms with van der Waals surface area (Å²) >= 11 is 7.60. The number of rotatable bonds is 5. The number of carbonyl (C=O) groups excluding carboxylic acids is 1. The first kappa shape index (κ1) is 17.1. The van der Waals surface area contributed by atoms with Crippen molar-refractivity contribution in [3.8, 4) is 17.0 Å². The van der Waals surface area contributed by atoms with Gasteiger partial charge in [0.15, 0.2) is 5.13 Å². The number of methoxy groups -OCH3 is 1. The maximum atomic E-state index is 12.8. The summed E-state index contributed by atoms with van der Waals surface area (Å²) in [6, 6.07) is 15.5. The molecule has 0 unspecified atom stereocenters. The van der Waals surface area contributed by atoms with Crippen molar-refractivity contribution >= 4 is 34.0 Å². The molecule has 4 nitrogen and oxygen atoms in total. The normalized spacial score (nSPS) is 14.7. The average Bonchev–Trinajstić information content (AvgIpc) is 3.36. The fourth-order valence-electron chi connectivity index (χ4n) is 3.04. The van der Waals surface area contributed by atoms with Gasteiger partial charge in [-0.1, -0.05) is 41.9 Å². The molecule has 0 saturated heterocycles. The van der Waals surface area contributed by atoms with E-state index in [2.05, 4.69) is 10.3 Å². The topological polar surface area (TPSA) is 51.2 Å². The Labute approximate surface area is 160 Å². The van der Waals surface area contributed by atoms with Gasteiger partial charge in [-0.15, -0.1) is 11.3 Å². The van der Waals surface area contributed by atoms with Crippen LogP contribution < -0.4 is 10.1 Å². The van der Waals surface area contributed by atoms with Gasteiger partial charge >= 0.3 is 0 Å². The molecule has 26 heavy (non-hydrogen) atoms. The number of hydrogen-bond donors (Lipinski definition) is 1. The molecule has 4 rings (SSSR count). The lowest BCUT2D eigenvalue weighted by atomic mass is 9.95. The summed E-state index contributed by atoms with van der Waals surface area (Å²) < 4.78 is 5.17. The van der Waals surface area contributed by atoms with Crippen LogP contribution in [0.5, 0.6) is 5.75 Å². The van der Waals surface area contributed by atoms with Crippen molar-refractivity contribution in [1.29, 1.82) is 0 Å². The zero-order valence-corrected chi connectivity index (χ0v) is 15.7. The Bertz CT molecular complexity index is 951. The number of benzene rings is 2. The average molecular weight is 385 g/mol. The molecular weight excluding hydrogens is 368 g/mol. The van der Waals surface area contributed by atoms with E-state index in [1.54, 1.807) is 7.11 Å². The number of thiazole rings is 1. The molecule has 1 N–H and O–H groups in total. The van der Waals surface area contributed by atoms with Gasteiger partial charge < -0.3 is 10.1 Å².